The van der Waals surface area contributed by atoms with E-state index < -0.39 is 11.5 Å². The number of benzene rings is 1. The maximum atomic E-state index is 13.2. The maximum absolute atomic E-state index is 13.2. The van der Waals surface area contributed by atoms with Crippen LogP contribution in [0.2, 0.25) is 0 Å². The zero-order valence-corrected chi connectivity index (χ0v) is 19.0. The number of para-hydroxylation sites is 1. The van der Waals surface area contributed by atoms with Crippen molar-refractivity contribution in [2.24, 2.45) is 5.41 Å². The van der Waals surface area contributed by atoms with E-state index in [1.54, 1.807) is 16.7 Å². The van der Waals surface area contributed by atoms with Crippen LogP contribution in [-0.4, -0.2) is 46.2 Å². The van der Waals surface area contributed by atoms with Gasteiger partial charge in [0, 0.05) is 24.0 Å². The van der Waals surface area contributed by atoms with E-state index in [2.05, 4.69) is 17.1 Å². The summed E-state index contributed by atoms with van der Waals surface area (Å²) in [5.74, 6) is -0.683. The molecule has 1 amide bonds. The smallest absolute Gasteiger partial charge is 0.267 e. The molecule has 2 atom stereocenters. The molecule has 2 unspecified atom stereocenters. The van der Waals surface area contributed by atoms with E-state index in [4.69, 9.17) is 0 Å². The Bertz CT molecular complexity index is 1010. The molecule has 1 saturated carbocycles. The van der Waals surface area contributed by atoms with Crippen LogP contribution in [0.3, 0.4) is 0 Å². The van der Waals surface area contributed by atoms with Crippen molar-refractivity contribution < 1.29 is 9.90 Å². The zero-order chi connectivity index (χ0) is 21.5. The van der Waals surface area contributed by atoms with E-state index in [1.165, 1.54) is 12.8 Å². The van der Waals surface area contributed by atoms with Crippen molar-refractivity contribution in [3.63, 3.8) is 0 Å². The average Bonchev–Trinajstić information content (AvgIpc) is 2.73. The van der Waals surface area contributed by atoms with Crippen LogP contribution in [0.5, 0.6) is 5.75 Å². The quantitative estimate of drug-likeness (QED) is 0.759. The first-order valence-electron chi connectivity index (χ1n) is 11.3. The lowest BCUT2D eigenvalue weighted by Gasteiger charge is -2.50. The van der Waals surface area contributed by atoms with Gasteiger partial charge in [-0.05, 0) is 70.2 Å². The van der Waals surface area contributed by atoms with E-state index in [1.807, 2.05) is 26.0 Å². The molecule has 2 heterocycles. The Labute approximate surface area is 185 Å². The summed E-state index contributed by atoms with van der Waals surface area (Å²) in [4.78, 5) is 28.8. The summed E-state index contributed by atoms with van der Waals surface area (Å²) in [6.45, 7) is 8.74. The van der Waals surface area contributed by atoms with E-state index in [0.717, 1.165) is 32.4 Å². The average molecular weight is 426 g/mol. The molecule has 168 valence electrons. The summed E-state index contributed by atoms with van der Waals surface area (Å²) in [6.07, 6.45) is 5.69. The van der Waals surface area contributed by atoms with Crippen LogP contribution >= 0.6 is 0 Å². The topological polar surface area (TPSA) is 74.6 Å². The Morgan fingerprint density at radius 2 is 2.03 bits per heavy atom. The first kappa shape index (κ1) is 23.3. The molecule has 1 aromatic carbocycles. The number of nitrogens with zero attached hydrogens (tertiary/aromatic N) is 2. The number of aromatic nitrogens is 1. The number of rotatable bonds is 5. The fourth-order valence-corrected chi connectivity index (χ4v) is 5.61. The monoisotopic (exact) mass is 425 g/mol. The molecule has 2 bridgehead atoms. The number of hydrogen-bond acceptors (Lipinski definition) is 4. The van der Waals surface area contributed by atoms with Gasteiger partial charge in [-0.1, -0.05) is 32.9 Å². The molecule has 1 aliphatic carbocycles. The second-order valence-electron chi connectivity index (χ2n) is 9.32. The fraction of sp³-hybridized carbons (Fsp3) is 0.560. The summed E-state index contributed by atoms with van der Waals surface area (Å²) >= 11 is 0. The van der Waals surface area contributed by atoms with Crippen LogP contribution in [0.1, 0.15) is 69.3 Å². The Balaban J connectivity index is 0.00000272. The minimum Gasteiger partial charge on any atom is -0.506 e. The van der Waals surface area contributed by atoms with E-state index >= 15 is 0 Å². The van der Waals surface area contributed by atoms with Gasteiger partial charge < -0.3 is 19.9 Å². The lowest BCUT2D eigenvalue weighted by molar-refractivity contribution is 0.0110. The number of piperidine rings is 1. The van der Waals surface area contributed by atoms with Gasteiger partial charge in [0.15, 0.2) is 0 Å². The minimum absolute atomic E-state index is 0. The molecule has 1 aliphatic heterocycles. The van der Waals surface area contributed by atoms with Crippen molar-refractivity contribution in [1.29, 1.82) is 0 Å². The Hall–Kier alpha value is -2.34. The summed E-state index contributed by atoms with van der Waals surface area (Å²) in [6, 6.07) is 7.68. The minimum atomic E-state index is -0.466. The molecular formula is C25H35N3O3. The molecule has 31 heavy (non-hydrogen) atoms. The number of aromatic hydroxyl groups is 1. The summed E-state index contributed by atoms with van der Waals surface area (Å²) < 4.78 is 1.60. The molecular weight excluding hydrogens is 390 g/mol. The molecule has 2 aromatic rings. The molecule has 2 N–H and O–H groups in total. The molecule has 1 aromatic heterocycles. The second-order valence-corrected chi connectivity index (χ2v) is 9.32. The molecule has 6 nitrogen and oxygen atoms in total. The van der Waals surface area contributed by atoms with E-state index in [0.29, 0.717) is 23.5 Å². The highest BCUT2D eigenvalue weighted by Crippen LogP contribution is 2.44. The van der Waals surface area contributed by atoms with Crippen LogP contribution in [0, 0.1) is 12.8 Å². The number of carbonyl (C=O) groups is 1. The van der Waals surface area contributed by atoms with Gasteiger partial charge in [-0.3, -0.25) is 9.59 Å². The number of fused-ring (bicyclic) bond motifs is 3. The van der Waals surface area contributed by atoms with E-state index in [9.17, 15) is 14.7 Å². The molecule has 6 heteroatoms. The predicted molar refractivity (Wildman–Crippen MR) is 125 cm³/mol. The van der Waals surface area contributed by atoms with Gasteiger partial charge in [-0.15, -0.1) is 0 Å². The predicted octanol–water partition coefficient (Wildman–Crippen LogP) is 4.00. The second kappa shape index (κ2) is 9.03. The van der Waals surface area contributed by atoms with Gasteiger partial charge in [0.25, 0.3) is 11.5 Å². The summed E-state index contributed by atoms with van der Waals surface area (Å²) in [5.41, 5.74) is 0.177. The van der Waals surface area contributed by atoms with Crippen molar-refractivity contribution in [3.05, 3.63) is 47.6 Å². The number of nitrogens with one attached hydrogen (secondary N) is 1. The van der Waals surface area contributed by atoms with Gasteiger partial charge in [-0.2, -0.15) is 0 Å². The highest BCUT2D eigenvalue weighted by atomic mass is 16.3. The molecule has 2 radical (unpaired) electrons. The number of likely N-dealkylation sites (tertiary alicyclic amines) is 1. The molecule has 4 rings (SSSR count). The van der Waals surface area contributed by atoms with Gasteiger partial charge in [0.05, 0.1) is 5.52 Å². The third-order valence-corrected chi connectivity index (χ3v) is 7.22. The molecule has 2 aliphatic rings. The lowest BCUT2D eigenvalue weighted by atomic mass is 9.67. The summed E-state index contributed by atoms with van der Waals surface area (Å²) in [7, 11) is 0. The Morgan fingerprint density at radius 1 is 1.29 bits per heavy atom. The van der Waals surface area contributed by atoms with Crippen molar-refractivity contribution in [1.82, 2.24) is 14.8 Å². The van der Waals surface area contributed by atoms with Crippen LogP contribution in [0.25, 0.3) is 10.9 Å². The van der Waals surface area contributed by atoms with Crippen LogP contribution in [0.15, 0.2) is 29.1 Å². The molecule has 0 spiro atoms. The first-order chi connectivity index (χ1) is 14.4. The van der Waals surface area contributed by atoms with Crippen molar-refractivity contribution >= 4 is 16.8 Å². The van der Waals surface area contributed by atoms with Gasteiger partial charge in [0.2, 0.25) is 0 Å². The SMILES string of the molecule is CCN1CCC2(CNC(=O)c3c(O)c4ccccc4n(C(C)C)c3=O)CCCC1C2.[CH2]. The fourth-order valence-electron chi connectivity index (χ4n) is 5.61. The number of hydrogen-bond donors (Lipinski definition) is 2. The van der Waals surface area contributed by atoms with Crippen LogP contribution in [0.4, 0.5) is 0 Å². The molecule has 2 fully saturated rings. The third-order valence-electron chi connectivity index (χ3n) is 7.22. The van der Waals surface area contributed by atoms with E-state index in [-0.39, 0.29) is 30.2 Å². The highest BCUT2D eigenvalue weighted by Gasteiger charge is 2.42. The first-order valence-corrected chi connectivity index (χ1v) is 11.3. The number of pyridine rings is 1. The summed E-state index contributed by atoms with van der Waals surface area (Å²) in [5, 5.41) is 14.4. The molecule has 1 saturated heterocycles. The Kier molecular flexibility index (Phi) is 6.79. The third kappa shape index (κ3) is 4.10. The van der Waals surface area contributed by atoms with Crippen molar-refractivity contribution in [3.8, 4) is 5.75 Å². The van der Waals surface area contributed by atoms with Crippen LogP contribution in [-0.2, 0) is 0 Å². The van der Waals surface area contributed by atoms with Gasteiger partial charge in [0.1, 0.15) is 11.3 Å². The Morgan fingerprint density at radius 3 is 2.74 bits per heavy atom. The zero-order valence-electron chi connectivity index (χ0n) is 19.0. The number of carbonyl (C=O) groups excluding carboxylic acids is 1. The lowest BCUT2D eigenvalue weighted by Crippen LogP contribution is -2.53. The van der Waals surface area contributed by atoms with Crippen molar-refractivity contribution in [2.75, 3.05) is 19.6 Å². The highest BCUT2D eigenvalue weighted by molar-refractivity contribution is 6.02. The van der Waals surface area contributed by atoms with Gasteiger partial charge in [-0.25, -0.2) is 0 Å². The normalized spacial score (nSPS) is 23.5. The van der Waals surface area contributed by atoms with Crippen molar-refractivity contribution in [2.45, 2.75) is 65.0 Å². The largest absolute Gasteiger partial charge is 0.506 e. The van der Waals surface area contributed by atoms with Crippen LogP contribution < -0.4 is 10.9 Å². The maximum Gasteiger partial charge on any atom is 0.267 e. The standard InChI is InChI=1S/C24H33N3O3.CH2/c1-4-26-13-12-24(11-7-8-17(26)14-24)15-25-22(29)20-21(28)18-9-5-6-10-19(18)27(16(2)3)23(20)30;/h5-6,9-10,16-17,28H,4,7-8,11-15H2,1-3H3,(H,25,29);1H2. The number of amides is 1. The van der Waals surface area contributed by atoms with Gasteiger partial charge >= 0.3 is 0 Å².